The molecule has 0 bridgehead atoms. The largest absolute Gasteiger partial charge is 0.393 e. The number of allylic oxidation sites excluding steroid dienone is 7. The van der Waals surface area contributed by atoms with Crippen LogP contribution in [0.2, 0.25) is 0 Å². The summed E-state index contributed by atoms with van der Waals surface area (Å²) >= 11 is 0. The number of aliphatic hydroxyl groups excluding tert-OH is 1. The standard InChI is InChI=1S/C49H80N2O2/c1-35(2)14-12-15-36(3)16-13-17-37(4)22-29-50-30-32-51(33-31-50)43(53)46(8)26-25-45(7)27-28-48(10)38(39(45)34-46)18-19-41-47(9)23-21-42(52)44(5,6)40(47)20-24-49(41,48)11/h14,16,18,22,39-42,52H,12-13,15,17,19-21,23-34H2,1-11H3/b36-16+,37-22+/t39-,40-,41+,42-,45+,46-,47-,48+,49+/m0/s1. The van der Waals surface area contributed by atoms with Gasteiger partial charge in [-0.25, -0.2) is 0 Å². The van der Waals surface area contributed by atoms with Crippen LogP contribution in [-0.2, 0) is 4.79 Å². The van der Waals surface area contributed by atoms with Crippen LogP contribution >= 0.6 is 0 Å². The Bertz CT molecular complexity index is 1490. The van der Waals surface area contributed by atoms with Crippen LogP contribution in [0.5, 0.6) is 0 Å². The number of fused-ring (bicyclic) bond motifs is 7. The molecule has 6 rings (SSSR count). The summed E-state index contributed by atoms with van der Waals surface area (Å²) in [4.78, 5) is 19.4. The molecule has 0 aromatic heterocycles. The highest BCUT2D eigenvalue weighted by atomic mass is 16.3. The highest BCUT2D eigenvalue weighted by Crippen LogP contribution is 2.75. The van der Waals surface area contributed by atoms with Crippen LogP contribution in [0.4, 0.5) is 0 Å². The first-order chi connectivity index (χ1) is 24.8. The van der Waals surface area contributed by atoms with E-state index in [0.29, 0.717) is 29.1 Å². The van der Waals surface area contributed by atoms with E-state index < -0.39 is 0 Å². The van der Waals surface area contributed by atoms with E-state index in [2.05, 4.69) is 110 Å². The minimum atomic E-state index is -0.274. The van der Waals surface area contributed by atoms with E-state index in [-0.39, 0.29) is 33.2 Å². The normalized spacial score (nSPS) is 41.7. The SMILES string of the molecule is CC(C)=CCC/C(C)=C/CC/C(C)=C/CN1CCN(C(=O)[C@@]2(C)CC[C@]3(C)CC[C@]4(C)C(=CC[C@@H]5[C@@]6(C)CC[C@H](O)C(C)(C)[C@@H]6CC[C@]54C)[C@@H]3C2)CC1. The van der Waals surface area contributed by atoms with Gasteiger partial charge in [-0.3, -0.25) is 9.69 Å². The van der Waals surface area contributed by atoms with Gasteiger partial charge in [0, 0.05) is 38.1 Å². The lowest BCUT2D eigenvalue weighted by Crippen LogP contribution is -2.64. The van der Waals surface area contributed by atoms with Crippen LogP contribution < -0.4 is 0 Å². The summed E-state index contributed by atoms with van der Waals surface area (Å²) < 4.78 is 0. The molecule has 0 radical (unpaired) electrons. The highest BCUT2D eigenvalue weighted by molar-refractivity contribution is 5.82. The molecule has 5 aliphatic carbocycles. The Balaban J connectivity index is 1.08. The lowest BCUT2D eigenvalue weighted by atomic mass is 9.33. The van der Waals surface area contributed by atoms with E-state index in [1.165, 1.54) is 61.7 Å². The monoisotopic (exact) mass is 729 g/mol. The maximum Gasteiger partial charge on any atom is 0.228 e. The Morgan fingerprint density at radius 2 is 1.42 bits per heavy atom. The Hall–Kier alpha value is -1.65. The van der Waals surface area contributed by atoms with Crippen LogP contribution in [0.15, 0.2) is 46.6 Å². The van der Waals surface area contributed by atoms with E-state index >= 15 is 0 Å². The summed E-state index contributed by atoms with van der Waals surface area (Å²) in [7, 11) is 0. The third kappa shape index (κ3) is 7.37. The van der Waals surface area contributed by atoms with Crippen molar-refractivity contribution in [1.29, 1.82) is 0 Å². The molecule has 0 spiro atoms. The van der Waals surface area contributed by atoms with E-state index in [1.807, 2.05) is 0 Å². The zero-order valence-corrected chi connectivity index (χ0v) is 36.3. The Morgan fingerprint density at radius 3 is 2.09 bits per heavy atom. The van der Waals surface area contributed by atoms with Gasteiger partial charge >= 0.3 is 0 Å². The van der Waals surface area contributed by atoms with Gasteiger partial charge in [0.05, 0.1) is 6.10 Å². The predicted octanol–water partition coefficient (Wildman–Crippen LogP) is 11.7. The quantitative estimate of drug-likeness (QED) is 0.240. The van der Waals surface area contributed by atoms with Crippen LogP contribution in [0.1, 0.15) is 166 Å². The van der Waals surface area contributed by atoms with Crippen molar-refractivity contribution in [3.05, 3.63) is 46.6 Å². The zero-order valence-electron chi connectivity index (χ0n) is 36.3. The van der Waals surface area contributed by atoms with E-state index in [9.17, 15) is 9.90 Å². The van der Waals surface area contributed by atoms with Gasteiger partial charge in [-0.15, -0.1) is 0 Å². The lowest BCUT2D eigenvalue weighted by molar-refractivity contribution is -0.203. The van der Waals surface area contributed by atoms with Gasteiger partial charge in [-0.05, 0) is 162 Å². The van der Waals surface area contributed by atoms with Crippen molar-refractivity contribution in [1.82, 2.24) is 9.80 Å². The maximum absolute atomic E-state index is 14.6. The number of piperazine rings is 1. The van der Waals surface area contributed by atoms with Gasteiger partial charge in [-0.1, -0.05) is 95.1 Å². The number of carbonyl (C=O) groups is 1. The second-order valence-electron chi connectivity index (χ2n) is 21.7. The van der Waals surface area contributed by atoms with Gasteiger partial charge in [-0.2, -0.15) is 0 Å². The van der Waals surface area contributed by atoms with E-state index in [4.69, 9.17) is 0 Å². The molecule has 9 atom stereocenters. The maximum atomic E-state index is 14.6. The second kappa shape index (κ2) is 15.0. The van der Waals surface area contributed by atoms with Gasteiger partial charge in [0.2, 0.25) is 5.91 Å². The molecule has 1 heterocycles. The summed E-state index contributed by atoms with van der Waals surface area (Å²) in [5.74, 6) is 2.18. The topological polar surface area (TPSA) is 43.8 Å². The Kier molecular flexibility index (Phi) is 11.6. The molecule has 1 N–H and O–H groups in total. The molecule has 1 aliphatic heterocycles. The number of hydrogen-bond acceptors (Lipinski definition) is 3. The molecule has 4 heteroatoms. The van der Waals surface area contributed by atoms with Gasteiger partial charge < -0.3 is 10.0 Å². The number of carbonyl (C=O) groups excluding carboxylic acids is 1. The average molecular weight is 729 g/mol. The summed E-state index contributed by atoms with van der Waals surface area (Å²) in [6, 6.07) is 0. The average Bonchev–Trinajstić information content (AvgIpc) is 3.10. The van der Waals surface area contributed by atoms with Crippen LogP contribution in [-0.4, -0.2) is 59.6 Å². The third-order valence-corrected chi connectivity index (χ3v) is 17.8. The van der Waals surface area contributed by atoms with Crippen LogP contribution in [0, 0.1) is 50.2 Å². The van der Waals surface area contributed by atoms with Gasteiger partial charge in [0.15, 0.2) is 0 Å². The summed E-state index contributed by atoms with van der Waals surface area (Å²) in [6.45, 7) is 31.2. The molecule has 1 amide bonds. The van der Waals surface area contributed by atoms with Crippen molar-refractivity contribution in [2.45, 2.75) is 172 Å². The van der Waals surface area contributed by atoms with Crippen molar-refractivity contribution in [2.24, 2.45) is 50.2 Å². The fourth-order valence-electron chi connectivity index (χ4n) is 13.7. The lowest BCUT2D eigenvalue weighted by Gasteiger charge is -2.71. The number of nitrogens with zero attached hydrogens (tertiary/aromatic N) is 2. The minimum absolute atomic E-state index is 0.0149. The highest BCUT2D eigenvalue weighted by Gasteiger charge is 2.68. The second-order valence-corrected chi connectivity index (χ2v) is 21.7. The fourth-order valence-corrected chi connectivity index (χ4v) is 13.7. The number of aliphatic hydroxyl groups is 1. The third-order valence-electron chi connectivity index (χ3n) is 17.8. The first-order valence-corrected chi connectivity index (χ1v) is 22.1. The molecule has 5 fully saturated rings. The summed E-state index contributed by atoms with van der Waals surface area (Å²) in [5, 5.41) is 11.1. The molecule has 0 aromatic rings. The van der Waals surface area contributed by atoms with Crippen molar-refractivity contribution < 1.29 is 9.90 Å². The molecular formula is C49H80N2O2. The molecule has 4 nitrogen and oxygen atoms in total. The first kappa shape index (κ1) is 41.0. The number of rotatable bonds is 9. The molecular weight excluding hydrogens is 649 g/mol. The fraction of sp³-hybridized carbons (Fsp3) is 0.816. The smallest absolute Gasteiger partial charge is 0.228 e. The van der Waals surface area contributed by atoms with Crippen molar-refractivity contribution in [3.8, 4) is 0 Å². The molecule has 0 aromatic carbocycles. The molecule has 53 heavy (non-hydrogen) atoms. The van der Waals surface area contributed by atoms with E-state index in [0.717, 1.165) is 77.7 Å². The number of amides is 1. The Morgan fingerprint density at radius 1 is 0.774 bits per heavy atom. The van der Waals surface area contributed by atoms with E-state index in [1.54, 1.807) is 5.57 Å². The minimum Gasteiger partial charge on any atom is -0.393 e. The molecule has 0 unspecified atom stereocenters. The van der Waals surface area contributed by atoms with Gasteiger partial charge in [0.1, 0.15) is 0 Å². The van der Waals surface area contributed by atoms with Crippen LogP contribution in [0.25, 0.3) is 0 Å². The molecule has 298 valence electrons. The molecule has 4 saturated carbocycles. The van der Waals surface area contributed by atoms with Crippen molar-refractivity contribution >= 4 is 5.91 Å². The van der Waals surface area contributed by atoms with Gasteiger partial charge in [0.25, 0.3) is 0 Å². The number of hydrogen-bond donors (Lipinski definition) is 1. The van der Waals surface area contributed by atoms with Crippen molar-refractivity contribution in [2.75, 3.05) is 32.7 Å². The first-order valence-electron chi connectivity index (χ1n) is 22.1. The van der Waals surface area contributed by atoms with Crippen molar-refractivity contribution in [3.63, 3.8) is 0 Å². The summed E-state index contributed by atoms with van der Waals surface area (Å²) in [6.07, 6.45) is 26.0. The summed E-state index contributed by atoms with van der Waals surface area (Å²) in [5.41, 5.74) is 6.88. The molecule has 1 saturated heterocycles. The zero-order chi connectivity index (χ0) is 38.6. The predicted molar refractivity (Wildman–Crippen MR) is 223 cm³/mol. The van der Waals surface area contributed by atoms with Crippen LogP contribution in [0.3, 0.4) is 0 Å². The Labute approximate surface area is 326 Å². The molecule has 6 aliphatic rings.